The standard InChI is InChI=1S/C16H16FNO3/c17-13-5-3-12(4-6-13)16(7-10-20-11-8-16)18-15(19)14-2-1-9-21-14/h1-6,9H,7-8,10-11H2,(H,18,19). The second-order valence-electron chi connectivity index (χ2n) is 5.13. The summed E-state index contributed by atoms with van der Waals surface area (Å²) in [6, 6.07) is 9.53. The van der Waals surface area contributed by atoms with E-state index in [0.29, 0.717) is 26.1 Å². The van der Waals surface area contributed by atoms with Crippen molar-refractivity contribution >= 4 is 5.91 Å². The number of benzene rings is 1. The Labute approximate surface area is 121 Å². The van der Waals surface area contributed by atoms with Crippen LogP contribution in [0.25, 0.3) is 0 Å². The van der Waals surface area contributed by atoms with Gasteiger partial charge < -0.3 is 14.5 Å². The Hall–Kier alpha value is -2.14. The van der Waals surface area contributed by atoms with E-state index in [2.05, 4.69) is 5.32 Å². The number of halogens is 1. The second kappa shape index (κ2) is 5.69. The summed E-state index contributed by atoms with van der Waals surface area (Å²) in [6.45, 7) is 1.10. The third kappa shape index (κ3) is 2.83. The lowest BCUT2D eigenvalue weighted by Crippen LogP contribution is -2.49. The van der Waals surface area contributed by atoms with Crippen molar-refractivity contribution in [2.24, 2.45) is 0 Å². The lowest BCUT2D eigenvalue weighted by atomic mass is 9.82. The maximum absolute atomic E-state index is 13.1. The van der Waals surface area contributed by atoms with Gasteiger partial charge in [-0.15, -0.1) is 0 Å². The van der Waals surface area contributed by atoms with Crippen LogP contribution in [0, 0.1) is 5.82 Å². The zero-order chi connectivity index (χ0) is 14.7. The molecule has 0 radical (unpaired) electrons. The van der Waals surface area contributed by atoms with Gasteiger partial charge in [0, 0.05) is 13.2 Å². The molecule has 1 N–H and O–H groups in total. The van der Waals surface area contributed by atoms with Crippen molar-refractivity contribution in [3.8, 4) is 0 Å². The molecule has 1 fully saturated rings. The van der Waals surface area contributed by atoms with E-state index in [-0.39, 0.29) is 17.5 Å². The molecule has 0 bridgehead atoms. The third-order valence-electron chi connectivity index (χ3n) is 3.84. The maximum Gasteiger partial charge on any atom is 0.287 e. The third-order valence-corrected chi connectivity index (χ3v) is 3.84. The predicted octanol–water partition coefficient (Wildman–Crippen LogP) is 2.85. The van der Waals surface area contributed by atoms with Gasteiger partial charge in [0.25, 0.3) is 5.91 Å². The van der Waals surface area contributed by atoms with Gasteiger partial charge >= 0.3 is 0 Å². The fraction of sp³-hybridized carbons (Fsp3) is 0.312. The minimum atomic E-state index is -0.546. The first kappa shape index (κ1) is 13.8. The summed E-state index contributed by atoms with van der Waals surface area (Å²) in [6.07, 6.45) is 2.75. The van der Waals surface area contributed by atoms with Gasteiger partial charge in [0.1, 0.15) is 5.82 Å². The number of ether oxygens (including phenoxy) is 1. The zero-order valence-electron chi connectivity index (χ0n) is 11.5. The van der Waals surface area contributed by atoms with E-state index < -0.39 is 5.54 Å². The fourth-order valence-electron chi connectivity index (χ4n) is 2.66. The van der Waals surface area contributed by atoms with E-state index in [1.54, 1.807) is 24.3 Å². The number of amides is 1. The minimum Gasteiger partial charge on any atom is -0.459 e. The van der Waals surface area contributed by atoms with Gasteiger partial charge in [-0.1, -0.05) is 12.1 Å². The quantitative estimate of drug-likeness (QED) is 0.945. The Balaban J connectivity index is 1.89. The first-order valence-corrected chi connectivity index (χ1v) is 6.89. The molecule has 1 aliphatic rings. The molecule has 0 atom stereocenters. The number of hydrogen-bond donors (Lipinski definition) is 1. The SMILES string of the molecule is O=C(NC1(c2ccc(F)cc2)CCOCC1)c1ccco1. The lowest BCUT2D eigenvalue weighted by Gasteiger charge is -2.38. The van der Waals surface area contributed by atoms with E-state index in [9.17, 15) is 9.18 Å². The van der Waals surface area contributed by atoms with Crippen molar-refractivity contribution in [3.05, 3.63) is 59.8 Å². The summed E-state index contributed by atoms with van der Waals surface area (Å²) >= 11 is 0. The van der Waals surface area contributed by atoms with Crippen LogP contribution in [0.5, 0.6) is 0 Å². The summed E-state index contributed by atoms with van der Waals surface area (Å²) in [7, 11) is 0. The van der Waals surface area contributed by atoms with Crippen LogP contribution in [0.2, 0.25) is 0 Å². The Bertz CT molecular complexity index is 601. The normalized spacial score (nSPS) is 17.4. The molecule has 0 spiro atoms. The highest BCUT2D eigenvalue weighted by Gasteiger charge is 2.36. The molecule has 5 heteroatoms. The average Bonchev–Trinajstić information content (AvgIpc) is 3.03. The van der Waals surface area contributed by atoms with Crippen LogP contribution in [0.3, 0.4) is 0 Å². The molecule has 1 amide bonds. The Morgan fingerprint density at radius 2 is 1.86 bits per heavy atom. The first-order chi connectivity index (χ1) is 10.2. The van der Waals surface area contributed by atoms with Crippen LogP contribution in [0.4, 0.5) is 4.39 Å². The number of rotatable bonds is 3. The van der Waals surface area contributed by atoms with Crippen LogP contribution in [0.15, 0.2) is 47.1 Å². The van der Waals surface area contributed by atoms with E-state index in [1.807, 2.05) is 0 Å². The first-order valence-electron chi connectivity index (χ1n) is 6.89. The summed E-state index contributed by atoms with van der Waals surface area (Å²) in [5, 5.41) is 3.04. The van der Waals surface area contributed by atoms with Gasteiger partial charge in [-0.05, 0) is 42.7 Å². The highest BCUT2D eigenvalue weighted by molar-refractivity contribution is 5.92. The van der Waals surface area contributed by atoms with E-state index in [1.165, 1.54) is 18.4 Å². The Morgan fingerprint density at radius 3 is 2.48 bits per heavy atom. The summed E-state index contributed by atoms with van der Waals surface area (Å²) in [4.78, 5) is 12.3. The molecule has 2 aromatic rings. The van der Waals surface area contributed by atoms with Crippen LogP contribution in [-0.4, -0.2) is 19.1 Å². The molecule has 4 nitrogen and oxygen atoms in total. The number of carbonyl (C=O) groups excluding carboxylic acids is 1. The molecule has 21 heavy (non-hydrogen) atoms. The minimum absolute atomic E-state index is 0.267. The molecular weight excluding hydrogens is 273 g/mol. The van der Waals surface area contributed by atoms with Gasteiger partial charge in [0.15, 0.2) is 5.76 Å². The average molecular weight is 289 g/mol. The number of furan rings is 1. The van der Waals surface area contributed by atoms with Crippen molar-refractivity contribution in [2.75, 3.05) is 13.2 Å². The van der Waals surface area contributed by atoms with Crippen molar-refractivity contribution in [1.82, 2.24) is 5.32 Å². The van der Waals surface area contributed by atoms with Crippen LogP contribution in [0.1, 0.15) is 29.0 Å². The van der Waals surface area contributed by atoms with Gasteiger partial charge in [-0.3, -0.25) is 4.79 Å². The molecule has 1 aliphatic heterocycles. The second-order valence-corrected chi connectivity index (χ2v) is 5.13. The highest BCUT2D eigenvalue weighted by atomic mass is 19.1. The molecule has 2 heterocycles. The van der Waals surface area contributed by atoms with Crippen molar-refractivity contribution in [2.45, 2.75) is 18.4 Å². The Morgan fingerprint density at radius 1 is 1.14 bits per heavy atom. The number of carbonyl (C=O) groups is 1. The summed E-state index contributed by atoms with van der Waals surface area (Å²) < 4.78 is 23.7. The number of nitrogens with one attached hydrogen (secondary N) is 1. The molecule has 1 aromatic carbocycles. The molecule has 110 valence electrons. The molecule has 0 aliphatic carbocycles. The van der Waals surface area contributed by atoms with Gasteiger partial charge in [0.2, 0.25) is 0 Å². The topological polar surface area (TPSA) is 51.5 Å². The largest absolute Gasteiger partial charge is 0.459 e. The smallest absolute Gasteiger partial charge is 0.287 e. The fourth-order valence-corrected chi connectivity index (χ4v) is 2.66. The Kier molecular flexibility index (Phi) is 3.75. The lowest BCUT2D eigenvalue weighted by molar-refractivity contribution is 0.0337. The van der Waals surface area contributed by atoms with Crippen molar-refractivity contribution < 1.29 is 18.3 Å². The van der Waals surface area contributed by atoms with E-state index >= 15 is 0 Å². The molecule has 3 rings (SSSR count). The predicted molar refractivity (Wildman–Crippen MR) is 74.3 cm³/mol. The van der Waals surface area contributed by atoms with Crippen molar-refractivity contribution in [3.63, 3.8) is 0 Å². The van der Waals surface area contributed by atoms with E-state index in [0.717, 1.165) is 5.56 Å². The molecule has 0 saturated carbocycles. The maximum atomic E-state index is 13.1. The van der Waals surface area contributed by atoms with Crippen LogP contribution >= 0.6 is 0 Å². The van der Waals surface area contributed by atoms with Gasteiger partial charge in [0.05, 0.1) is 11.8 Å². The molecule has 1 saturated heterocycles. The van der Waals surface area contributed by atoms with Crippen LogP contribution in [-0.2, 0) is 10.3 Å². The van der Waals surface area contributed by atoms with Crippen LogP contribution < -0.4 is 5.32 Å². The summed E-state index contributed by atoms with van der Waals surface area (Å²) in [5.41, 5.74) is 0.336. The molecule has 0 unspecified atom stereocenters. The van der Waals surface area contributed by atoms with E-state index in [4.69, 9.17) is 9.15 Å². The van der Waals surface area contributed by atoms with Gasteiger partial charge in [-0.2, -0.15) is 0 Å². The molecular formula is C16H16FNO3. The monoisotopic (exact) mass is 289 g/mol. The molecule has 1 aromatic heterocycles. The van der Waals surface area contributed by atoms with Gasteiger partial charge in [-0.25, -0.2) is 4.39 Å². The highest BCUT2D eigenvalue weighted by Crippen LogP contribution is 2.32. The zero-order valence-corrected chi connectivity index (χ0v) is 11.5. The van der Waals surface area contributed by atoms with Crippen molar-refractivity contribution in [1.29, 1.82) is 0 Å². The number of hydrogen-bond acceptors (Lipinski definition) is 3. The summed E-state index contributed by atoms with van der Waals surface area (Å²) in [5.74, 6) is -0.299.